The number of thioether (sulfide) groups is 1. The van der Waals surface area contributed by atoms with E-state index in [2.05, 4.69) is 6.92 Å². The molecule has 0 bridgehead atoms. The van der Waals surface area contributed by atoms with E-state index in [1.807, 2.05) is 11.8 Å². The second-order valence-corrected chi connectivity index (χ2v) is 5.55. The molecule has 1 N–H and O–H groups in total. The van der Waals surface area contributed by atoms with Gasteiger partial charge in [-0.1, -0.05) is 0 Å². The minimum atomic E-state index is -0.157. The van der Waals surface area contributed by atoms with Crippen LogP contribution >= 0.6 is 11.8 Å². The van der Waals surface area contributed by atoms with Crippen LogP contribution in [0.1, 0.15) is 32.6 Å². The maximum absolute atomic E-state index is 9.96. The van der Waals surface area contributed by atoms with Gasteiger partial charge in [0.15, 0.2) is 0 Å². The fourth-order valence-electron chi connectivity index (χ4n) is 1.79. The summed E-state index contributed by atoms with van der Waals surface area (Å²) in [6, 6.07) is 0. The van der Waals surface area contributed by atoms with Crippen molar-refractivity contribution in [1.82, 2.24) is 0 Å². The number of rotatable bonds is 5. The number of hydrogen-bond acceptors (Lipinski definition) is 3. The molecule has 78 valence electrons. The van der Waals surface area contributed by atoms with Gasteiger partial charge >= 0.3 is 0 Å². The van der Waals surface area contributed by atoms with Crippen molar-refractivity contribution >= 4 is 11.8 Å². The molecule has 13 heavy (non-hydrogen) atoms. The van der Waals surface area contributed by atoms with Crippen LogP contribution in [0.4, 0.5) is 0 Å². The van der Waals surface area contributed by atoms with Crippen LogP contribution in [0.3, 0.4) is 0 Å². The van der Waals surface area contributed by atoms with Crippen molar-refractivity contribution in [1.29, 1.82) is 0 Å². The Kier molecular flexibility index (Phi) is 4.56. The highest BCUT2D eigenvalue weighted by atomic mass is 32.2. The molecule has 1 heterocycles. The third-order valence-electron chi connectivity index (χ3n) is 2.78. The molecule has 0 spiro atoms. The van der Waals surface area contributed by atoms with Crippen molar-refractivity contribution in [3.63, 3.8) is 0 Å². The number of hydrogen-bond donors (Lipinski definition) is 1. The van der Waals surface area contributed by atoms with E-state index in [1.165, 1.54) is 12.2 Å². The van der Waals surface area contributed by atoms with Crippen LogP contribution in [0.25, 0.3) is 0 Å². The second-order valence-electron chi connectivity index (χ2n) is 3.92. The normalized spacial score (nSPS) is 30.7. The average Bonchev–Trinajstić information content (AvgIpc) is 2.54. The standard InChI is InChI=1S/C10H20O2S/c1-10(6-4-8-13-10)9(11)5-3-7-12-2/h9,11H,3-8H2,1-2H3. The molecule has 1 aliphatic heterocycles. The van der Waals surface area contributed by atoms with E-state index in [1.54, 1.807) is 7.11 Å². The first-order valence-corrected chi connectivity index (χ1v) is 5.98. The summed E-state index contributed by atoms with van der Waals surface area (Å²) in [6.45, 7) is 2.94. The molecule has 0 radical (unpaired) electrons. The first kappa shape index (κ1) is 11.3. The predicted molar refractivity (Wildman–Crippen MR) is 57.2 cm³/mol. The van der Waals surface area contributed by atoms with Gasteiger partial charge in [-0.05, 0) is 38.4 Å². The maximum Gasteiger partial charge on any atom is 0.0685 e. The first-order valence-electron chi connectivity index (χ1n) is 5.00. The number of aliphatic hydroxyl groups is 1. The molecule has 0 aromatic carbocycles. The van der Waals surface area contributed by atoms with Crippen molar-refractivity contribution < 1.29 is 9.84 Å². The van der Waals surface area contributed by atoms with Crippen molar-refractivity contribution in [3.8, 4) is 0 Å². The highest BCUT2D eigenvalue weighted by Gasteiger charge is 2.36. The molecule has 1 aliphatic rings. The molecule has 2 nitrogen and oxygen atoms in total. The molecule has 0 aromatic heterocycles. The Balaban J connectivity index is 2.24. The van der Waals surface area contributed by atoms with Gasteiger partial charge in [0.05, 0.1) is 6.10 Å². The van der Waals surface area contributed by atoms with E-state index < -0.39 is 0 Å². The van der Waals surface area contributed by atoms with E-state index in [4.69, 9.17) is 4.74 Å². The van der Waals surface area contributed by atoms with Gasteiger partial charge in [-0.2, -0.15) is 11.8 Å². The minimum Gasteiger partial charge on any atom is -0.392 e. The Morgan fingerprint density at radius 1 is 1.62 bits per heavy atom. The summed E-state index contributed by atoms with van der Waals surface area (Å²) in [4.78, 5) is 0. The molecule has 0 saturated carbocycles. The van der Waals surface area contributed by atoms with Crippen LogP contribution in [-0.2, 0) is 4.74 Å². The summed E-state index contributed by atoms with van der Waals surface area (Å²) in [6.07, 6.45) is 4.09. The number of methoxy groups -OCH3 is 1. The molecule has 0 aromatic rings. The molecule has 1 fully saturated rings. The topological polar surface area (TPSA) is 29.5 Å². The van der Waals surface area contributed by atoms with Crippen molar-refractivity contribution in [3.05, 3.63) is 0 Å². The Labute approximate surface area is 85.0 Å². The summed E-state index contributed by atoms with van der Waals surface area (Å²) in [5.74, 6) is 1.21. The van der Waals surface area contributed by atoms with Crippen LogP contribution in [0.2, 0.25) is 0 Å². The molecule has 2 unspecified atom stereocenters. The molecule has 1 saturated heterocycles. The quantitative estimate of drug-likeness (QED) is 0.695. The molecule has 2 atom stereocenters. The fourth-order valence-corrected chi connectivity index (χ4v) is 3.14. The van der Waals surface area contributed by atoms with E-state index in [0.29, 0.717) is 0 Å². The lowest BCUT2D eigenvalue weighted by molar-refractivity contribution is 0.106. The average molecular weight is 204 g/mol. The zero-order valence-electron chi connectivity index (χ0n) is 8.58. The minimum absolute atomic E-state index is 0.119. The highest BCUT2D eigenvalue weighted by Crippen LogP contribution is 2.41. The summed E-state index contributed by atoms with van der Waals surface area (Å²) in [5, 5.41) is 9.96. The lowest BCUT2D eigenvalue weighted by atomic mass is 9.95. The zero-order chi connectivity index (χ0) is 9.73. The Morgan fingerprint density at radius 2 is 2.38 bits per heavy atom. The number of aliphatic hydroxyl groups excluding tert-OH is 1. The van der Waals surface area contributed by atoms with E-state index >= 15 is 0 Å². The van der Waals surface area contributed by atoms with Gasteiger partial charge in [0.1, 0.15) is 0 Å². The third-order valence-corrected chi connectivity index (χ3v) is 4.41. The monoisotopic (exact) mass is 204 g/mol. The lowest BCUT2D eigenvalue weighted by Crippen LogP contribution is -2.33. The summed E-state index contributed by atoms with van der Waals surface area (Å²) < 4.78 is 5.09. The van der Waals surface area contributed by atoms with Gasteiger partial charge in [-0.15, -0.1) is 0 Å². The largest absolute Gasteiger partial charge is 0.392 e. The predicted octanol–water partition coefficient (Wildman–Crippen LogP) is 2.06. The van der Waals surface area contributed by atoms with E-state index in [9.17, 15) is 5.11 Å². The molecule has 0 aliphatic carbocycles. The Bertz CT molecular complexity index is 144. The van der Waals surface area contributed by atoms with E-state index in [0.717, 1.165) is 25.9 Å². The highest BCUT2D eigenvalue weighted by molar-refractivity contribution is 8.00. The molecular weight excluding hydrogens is 184 g/mol. The fraction of sp³-hybridized carbons (Fsp3) is 1.00. The second kappa shape index (κ2) is 5.23. The smallest absolute Gasteiger partial charge is 0.0685 e. The van der Waals surface area contributed by atoms with Crippen LogP contribution in [-0.4, -0.2) is 35.4 Å². The molecule has 1 rings (SSSR count). The van der Waals surface area contributed by atoms with Crippen LogP contribution in [0.15, 0.2) is 0 Å². The molecular formula is C10H20O2S. The van der Waals surface area contributed by atoms with Gasteiger partial charge < -0.3 is 9.84 Å². The van der Waals surface area contributed by atoms with Crippen molar-refractivity contribution in [2.45, 2.75) is 43.5 Å². The summed E-state index contributed by atoms with van der Waals surface area (Å²) >= 11 is 1.92. The van der Waals surface area contributed by atoms with Crippen LogP contribution in [0, 0.1) is 0 Å². The van der Waals surface area contributed by atoms with Crippen LogP contribution in [0.5, 0.6) is 0 Å². The van der Waals surface area contributed by atoms with Crippen molar-refractivity contribution in [2.75, 3.05) is 19.5 Å². The van der Waals surface area contributed by atoms with Gasteiger partial charge in [0.2, 0.25) is 0 Å². The number of ether oxygens (including phenoxy) is 1. The zero-order valence-corrected chi connectivity index (χ0v) is 9.40. The van der Waals surface area contributed by atoms with Gasteiger partial charge in [0.25, 0.3) is 0 Å². The van der Waals surface area contributed by atoms with E-state index in [-0.39, 0.29) is 10.9 Å². The van der Waals surface area contributed by atoms with Crippen molar-refractivity contribution in [2.24, 2.45) is 0 Å². The Morgan fingerprint density at radius 3 is 2.92 bits per heavy atom. The van der Waals surface area contributed by atoms with Gasteiger partial charge in [-0.3, -0.25) is 0 Å². The Hall–Kier alpha value is 0.270. The SMILES string of the molecule is COCCCC(O)C1(C)CCCS1. The maximum atomic E-state index is 9.96. The summed E-state index contributed by atoms with van der Waals surface area (Å²) in [7, 11) is 1.71. The van der Waals surface area contributed by atoms with Gasteiger partial charge in [0, 0.05) is 18.5 Å². The lowest BCUT2D eigenvalue weighted by Gasteiger charge is -2.29. The third kappa shape index (κ3) is 3.15. The first-order chi connectivity index (χ1) is 6.19. The molecule has 3 heteroatoms. The summed E-state index contributed by atoms with van der Waals surface area (Å²) in [5.41, 5.74) is 0. The van der Waals surface area contributed by atoms with Crippen LogP contribution < -0.4 is 0 Å². The van der Waals surface area contributed by atoms with Gasteiger partial charge in [-0.25, -0.2) is 0 Å². The molecule has 0 amide bonds.